The monoisotopic (exact) mass is 480 g/mol. The Kier molecular flexibility index (Phi) is 12.1. The lowest BCUT2D eigenvalue weighted by Gasteiger charge is -2.35. The maximum absolute atomic E-state index is 4.82. The molecule has 154 valence electrons. The Morgan fingerprint density at radius 2 is 1.62 bits per heavy atom. The molecule has 0 atom stereocenters. The van der Waals surface area contributed by atoms with Gasteiger partial charge < -0.3 is 20.4 Å². The molecule has 26 heavy (non-hydrogen) atoms. The number of likely N-dealkylation sites (tertiary alicyclic amines) is 1. The van der Waals surface area contributed by atoms with Gasteiger partial charge in [-0.3, -0.25) is 9.89 Å². The van der Waals surface area contributed by atoms with Crippen molar-refractivity contribution < 1.29 is 0 Å². The smallest absolute Gasteiger partial charge is 0.191 e. The summed E-state index contributed by atoms with van der Waals surface area (Å²) in [7, 11) is 0. The molecule has 0 bridgehead atoms. The Bertz CT molecular complexity index is 387. The van der Waals surface area contributed by atoms with Crippen LogP contribution in [0.2, 0.25) is 0 Å². The highest BCUT2D eigenvalue weighted by Gasteiger charge is 2.21. The third-order valence-electron chi connectivity index (χ3n) is 5.54. The van der Waals surface area contributed by atoms with Crippen LogP contribution in [-0.4, -0.2) is 98.2 Å². The van der Waals surface area contributed by atoms with E-state index in [9.17, 15) is 0 Å². The minimum atomic E-state index is 0. The fourth-order valence-corrected chi connectivity index (χ4v) is 3.71. The van der Waals surface area contributed by atoms with Gasteiger partial charge in [0.25, 0.3) is 0 Å². The Morgan fingerprint density at radius 1 is 1.00 bits per heavy atom. The molecule has 0 aromatic carbocycles. The summed E-state index contributed by atoms with van der Waals surface area (Å²) in [5.74, 6) is 0.998. The van der Waals surface area contributed by atoms with E-state index in [1.165, 1.54) is 58.7 Å². The van der Waals surface area contributed by atoms with Gasteiger partial charge in [-0.2, -0.15) is 0 Å². The first-order chi connectivity index (χ1) is 12.1. The first kappa shape index (κ1) is 23.9. The molecule has 0 aliphatic carbocycles. The first-order valence-electron chi connectivity index (χ1n) is 10.4. The number of rotatable bonds is 7. The molecule has 7 heteroatoms. The zero-order valence-corrected chi connectivity index (χ0v) is 19.7. The van der Waals surface area contributed by atoms with E-state index in [0.29, 0.717) is 12.1 Å². The molecule has 2 heterocycles. The molecule has 2 aliphatic rings. The van der Waals surface area contributed by atoms with Crippen LogP contribution in [0.15, 0.2) is 4.99 Å². The number of halogens is 1. The second-order valence-electron chi connectivity index (χ2n) is 7.58. The summed E-state index contributed by atoms with van der Waals surface area (Å²) in [6, 6.07) is 1.22. The maximum atomic E-state index is 4.82. The van der Waals surface area contributed by atoms with Crippen LogP contribution in [0.3, 0.4) is 0 Å². The van der Waals surface area contributed by atoms with Crippen molar-refractivity contribution in [3.05, 3.63) is 0 Å². The second kappa shape index (κ2) is 13.1. The van der Waals surface area contributed by atoms with Gasteiger partial charge in [-0.05, 0) is 40.2 Å². The van der Waals surface area contributed by atoms with Gasteiger partial charge in [0, 0.05) is 64.4 Å². The first-order valence-corrected chi connectivity index (χ1v) is 10.4. The number of nitrogens with zero attached hydrogens (tertiary/aromatic N) is 4. The number of likely N-dealkylation sites (N-methyl/N-ethyl adjacent to an activating group) is 1. The zero-order valence-electron chi connectivity index (χ0n) is 17.3. The quantitative estimate of drug-likeness (QED) is 0.330. The second-order valence-corrected chi connectivity index (χ2v) is 7.58. The van der Waals surface area contributed by atoms with Crippen molar-refractivity contribution in [2.24, 2.45) is 4.99 Å². The van der Waals surface area contributed by atoms with E-state index in [1.807, 2.05) is 0 Å². The lowest BCUT2D eigenvalue weighted by molar-refractivity contribution is 0.140. The number of piperidine rings is 1. The van der Waals surface area contributed by atoms with E-state index < -0.39 is 0 Å². The number of guanidine groups is 1. The van der Waals surface area contributed by atoms with E-state index in [2.05, 4.69) is 53.0 Å². The van der Waals surface area contributed by atoms with Crippen molar-refractivity contribution in [3.8, 4) is 0 Å². The normalized spacial score (nSPS) is 21.7. The number of hydrogen-bond acceptors (Lipinski definition) is 4. The predicted molar refractivity (Wildman–Crippen MR) is 123 cm³/mol. The molecular formula is C19H41IN6. The van der Waals surface area contributed by atoms with Crippen LogP contribution < -0.4 is 10.6 Å². The van der Waals surface area contributed by atoms with Crippen molar-refractivity contribution >= 4 is 29.9 Å². The summed E-state index contributed by atoms with van der Waals surface area (Å²) in [6.45, 7) is 20.2. The summed E-state index contributed by atoms with van der Waals surface area (Å²) in [4.78, 5) is 12.5. The molecule has 0 unspecified atom stereocenters. The molecule has 0 aromatic rings. The molecule has 0 saturated carbocycles. The fraction of sp³-hybridized carbons (Fsp3) is 0.947. The molecule has 0 spiro atoms. The van der Waals surface area contributed by atoms with E-state index in [4.69, 9.17) is 4.99 Å². The standard InChI is InChI=1S/C19H40N6.HI/c1-5-20-19(22-18-7-10-25(11-8-18)17(3)4)21-9-12-24-15-13-23(6-2)14-16-24;/h17-18H,5-16H2,1-4H3,(H2,20,21,22);1H. The van der Waals surface area contributed by atoms with Crippen LogP contribution in [0.4, 0.5) is 0 Å². The average Bonchev–Trinajstić information content (AvgIpc) is 2.63. The number of piperazine rings is 1. The Hall–Kier alpha value is -0.120. The van der Waals surface area contributed by atoms with Crippen LogP contribution in [0.1, 0.15) is 40.5 Å². The number of hydrogen-bond donors (Lipinski definition) is 2. The third-order valence-corrected chi connectivity index (χ3v) is 5.54. The largest absolute Gasteiger partial charge is 0.357 e. The average molecular weight is 480 g/mol. The topological polar surface area (TPSA) is 46.1 Å². The van der Waals surface area contributed by atoms with Gasteiger partial charge in [0.05, 0.1) is 6.54 Å². The molecule has 6 nitrogen and oxygen atoms in total. The minimum absolute atomic E-state index is 0. The van der Waals surface area contributed by atoms with Crippen molar-refractivity contribution in [2.45, 2.75) is 52.6 Å². The summed E-state index contributed by atoms with van der Waals surface area (Å²) in [5.41, 5.74) is 0. The van der Waals surface area contributed by atoms with Crippen LogP contribution >= 0.6 is 24.0 Å². The third kappa shape index (κ3) is 8.27. The van der Waals surface area contributed by atoms with Gasteiger partial charge in [-0.1, -0.05) is 6.92 Å². The lowest BCUT2D eigenvalue weighted by atomic mass is 10.0. The molecule has 2 saturated heterocycles. The van der Waals surface area contributed by atoms with Gasteiger partial charge in [-0.25, -0.2) is 0 Å². The van der Waals surface area contributed by atoms with Gasteiger partial charge >= 0.3 is 0 Å². The Morgan fingerprint density at radius 3 is 2.15 bits per heavy atom. The molecule has 0 aromatic heterocycles. The summed E-state index contributed by atoms with van der Waals surface area (Å²) in [6.07, 6.45) is 2.42. The van der Waals surface area contributed by atoms with Gasteiger partial charge in [0.2, 0.25) is 0 Å². The predicted octanol–water partition coefficient (Wildman–Crippen LogP) is 1.67. The summed E-state index contributed by atoms with van der Waals surface area (Å²) < 4.78 is 0. The van der Waals surface area contributed by atoms with Gasteiger partial charge in [0.1, 0.15) is 0 Å². The minimum Gasteiger partial charge on any atom is -0.357 e. The SMILES string of the molecule is CCNC(=NCCN1CCN(CC)CC1)NC1CCN(C(C)C)CC1.I. The highest BCUT2D eigenvalue weighted by Crippen LogP contribution is 2.12. The lowest BCUT2D eigenvalue weighted by Crippen LogP contribution is -2.50. The molecular weight excluding hydrogens is 439 g/mol. The van der Waals surface area contributed by atoms with Crippen molar-refractivity contribution in [2.75, 3.05) is 65.4 Å². The van der Waals surface area contributed by atoms with E-state index in [-0.39, 0.29) is 24.0 Å². The molecule has 0 radical (unpaired) electrons. The Labute approximate surface area is 178 Å². The van der Waals surface area contributed by atoms with Crippen molar-refractivity contribution in [1.29, 1.82) is 0 Å². The van der Waals surface area contributed by atoms with Crippen molar-refractivity contribution in [3.63, 3.8) is 0 Å². The van der Waals surface area contributed by atoms with Crippen LogP contribution in [0.25, 0.3) is 0 Å². The molecule has 2 rings (SSSR count). The highest BCUT2D eigenvalue weighted by molar-refractivity contribution is 14.0. The van der Waals surface area contributed by atoms with Crippen molar-refractivity contribution in [1.82, 2.24) is 25.3 Å². The van der Waals surface area contributed by atoms with Gasteiger partial charge in [0.15, 0.2) is 5.96 Å². The number of aliphatic imine (C=N–C) groups is 1. The molecule has 2 fully saturated rings. The fourth-order valence-electron chi connectivity index (χ4n) is 3.71. The summed E-state index contributed by atoms with van der Waals surface area (Å²) in [5, 5.41) is 7.07. The van der Waals surface area contributed by atoms with E-state index in [0.717, 1.165) is 25.6 Å². The van der Waals surface area contributed by atoms with Crippen LogP contribution in [0.5, 0.6) is 0 Å². The zero-order chi connectivity index (χ0) is 18.1. The maximum Gasteiger partial charge on any atom is 0.191 e. The Balaban J connectivity index is 0.00000338. The molecule has 2 aliphatic heterocycles. The van der Waals surface area contributed by atoms with E-state index in [1.54, 1.807) is 0 Å². The highest BCUT2D eigenvalue weighted by atomic mass is 127. The van der Waals surface area contributed by atoms with Crippen LogP contribution in [0, 0.1) is 0 Å². The molecule has 2 N–H and O–H groups in total. The number of nitrogens with one attached hydrogen (secondary N) is 2. The van der Waals surface area contributed by atoms with Gasteiger partial charge in [-0.15, -0.1) is 24.0 Å². The van der Waals surface area contributed by atoms with E-state index >= 15 is 0 Å². The van der Waals surface area contributed by atoms with Crippen LogP contribution in [-0.2, 0) is 0 Å². The molecule has 0 amide bonds. The summed E-state index contributed by atoms with van der Waals surface area (Å²) >= 11 is 0.